The highest BCUT2D eigenvalue weighted by Crippen LogP contribution is 2.26. The fourth-order valence-electron chi connectivity index (χ4n) is 2.59. The minimum atomic E-state index is -0.299. The van der Waals surface area contributed by atoms with E-state index in [4.69, 9.17) is 10.5 Å². The lowest BCUT2D eigenvalue weighted by atomic mass is 10.3. The van der Waals surface area contributed by atoms with Gasteiger partial charge < -0.3 is 15.5 Å². The average Bonchev–Trinajstić information content (AvgIpc) is 3.12. The molecule has 2 aromatic heterocycles. The summed E-state index contributed by atoms with van der Waals surface area (Å²) in [6, 6.07) is 11.0. The minimum absolute atomic E-state index is 0.170. The van der Waals surface area contributed by atoms with Crippen LogP contribution in [0.5, 0.6) is 0 Å². The fourth-order valence-corrected chi connectivity index (χ4v) is 4.30. The van der Waals surface area contributed by atoms with E-state index in [0.29, 0.717) is 41.9 Å². The van der Waals surface area contributed by atoms with E-state index in [2.05, 4.69) is 20.2 Å². The zero-order chi connectivity index (χ0) is 21.3. The van der Waals surface area contributed by atoms with Gasteiger partial charge in [-0.05, 0) is 25.5 Å². The van der Waals surface area contributed by atoms with Crippen LogP contribution in [-0.4, -0.2) is 43.1 Å². The molecule has 1 aromatic carbocycles. The number of esters is 1. The molecule has 0 aliphatic rings. The average molecular weight is 447 g/mol. The normalized spacial score (nSPS) is 10.8. The first-order valence-electron chi connectivity index (χ1n) is 9.34. The van der Waals surface area contributed by atoms with Gasteiger partial charge in [-0.15, -0.1) is 10.2 Å². The smallest absolute Gasteiger partial charge is 0.305 e. The Bertz CT molecular complexity index is 1040. The third kappa shape index (κ3) is 6.10. The molecule has 0 atom stereocenters. The van der Waals surface area contributed by atoms with Crippen LogP contribution >= 0.6 is 23.5 Å². The zero-order valence-electron chi connectivity index (χ0n) is 16.4. The maximum atomic E-state index is 11.6. The Hall–Kier alpha value is -2.79. The van der Waals surface area contributed by atoms with Crippen LogP contribution in [0.2, 0.25) is 0 Å². The van der Waals surface area contributed by atoms with Gasteiger partial charge in [0.2, 0.25) is 0 Å². The summed E-state index contributed by atoms with van der Waals surface area (Å²) in [6.07, 6.45) is 1.06. The number of nitrogen functional groups attached to an aromatic ring is 1. The van der Waals surface area contributed by atoms with E-state index in [9.17, 15) is 9.59 Å². The van der Waals surface area contributed by atoms with Gasteiger partial charge in [0.25, 0.3) is 5.56 Å². The largest absolute Gasteiger partial charge is 0.466 e. The summed E-state index contributed by atoms with van der Waals surface area (Å²) in [5, 5.41) is 9.80. The number of hydrogen-bond donors (Lipinski definition) is 2. The van der Waals surface area contributed by atoms with Crippen LogP contribution in [0.3, 0.4) is 0 Å². The summed E-state index contributed by atoms with van der Waals surface area (Å²) >= 11 is 2.85. The summed E-state index contributed by atoms with van der Waals surface area (Å²) in [7, 11) is 0. The number of hydrogen-bond acceptors (Lipinski definition) is 9. The molecule has 158 valence electrons. The Balaban J connectivity index is 1.73. The number of H-pyrrole nitrogens is 1. The van der Waals surface area contributed by atoms with Gasteiger partial charge in [0.05, 0.1) is 12.4 Å². The van der Waals surface area contributed by atoms with Gasteiger partial charge in [-0.25, -0.2) is 4.98 Å². The molecule has 0 aliphatic carbocycles. The van der Waals surface area contributed by atoms with E-state index in [1.165, 1.54) is 29.6 Å². The van der Waals surface area contributed by atoms with Crippen molar-refractivity contribution in [1.29, 1.82) is 0 Å². The molecule has 3 rings (SSSR count). The van der Waals surface area contributed by atoms with Crippen LogP contribution in [0.1, 0.15) is 25.6 Å². The van der Waals surface area contributed by atoms with Crippen molar-refractivity contribution < 1.29 is 9.53 Å². The van der Waals surface area contributed by atoms with Crippen molar-refractivity contribution in [3.63, 3.8) is 0 Å². The first-order valence-corrected chi connectivity index (χ1v) is 11.3. The molecule has 2 heterocycles. The van der Waals surface area contributed by atoms with Gasteiger partial charge in [0.1, 0.15) is 11.6 Å². The zero-order valence-corrected chi connectivity index (χ0v) is 18.0. The summed E-state index contributed by atoms with van der Waals surface area (Å²) in [5.74, 6) is 1.84. The Morgan fingerprint density at radius 3 is 2.77 bits per heavy atom. The number of nitrogens with one attached hydrogen (secondary N) is 1. The molecule has 0 fully saturated rings. The fraction of sp³-hybridized carbons (Fsp3) is 0.316. The molecular weight excluding hydrogens is 424 g/mol. The van der Waals surface area contributed by atoms with Crippen molar-refractivity contribution in [2.75, 3.05) is 18.1 Å². The Morgan fingerprint density at radius 1 is 1.23 bits per heavy atom. The van der Waals surface area contributed by atoms with Gasteiger partial charge in [0, 0.05) is 23.9 Å². The highest BCUT2D eigenvalue weighted by Gasteiger charge is 2.15. The maximum absolute atomic E-state index is 11.6. The summed E-state index contributed by atoms with van der Waals surface area (Å²) in [6.45, 7) is 2.19. The Kier molecular flexibility index (Phi) is 7.91. The molecule has 0 saturated heterocycles. The molecule has 11 heteroatoms. The van der Waals surface area contributed by atoms with Gasteiger partial charge in [-0.1, -0.05) is 41.7 Å². The number of aromatic amines is 1. The molecule has 0 bridgehead atoms. The molecule has 0 unspecified atom stereocenters. The molecule has 30 heavy (non-hydrogen) atoms. The van der Waals surface area contributed by atoms with Crippen LogP contribution in [0.15, 0.2) is 51.5 Å². The Labute approximate surface area is 181 Å². The number of thioether (sulfide) groups is 2. The third-order valence-electron chi connectivity index (χ3n) is 3.85. The van der Waals surface area contributed by atoms with Crippen LogP contribution < -0.4 is 11.3 Å². The number of nitrogens with two attached hydrogens (primary N) is 1. The monoisotopic (exact) mass is 446 g/mol. The summed E-state index contributed by atoms with van der Waals surface area (Å²) in [5.41, 5.74) is 6.28. The van der Waals surface area contributed by atoms with Crippen molar-refractivity contribution in [3.05, 3.63) is 52.6 Å². The molecule has 3 aromatic rings. The van der Waals surface area contributed by atoms with E-state index < -0.39 is 0 Å². The van der Waals surface area contributed by atoms with E-state index in [1.807, 2.05) is 34.9 Å². The van der Waals surface area contributed by atoms with Crippen LogP contribution in [-0.2, 0) is 15.3 Å². The number of carbonyl (C=O) groups is 1. The van der Waals surface area contributed by atoms with Crippen molar-refractivity contribution in [1.82, 2.24) is 24.7 Å². The number of rotatable bonds is 10. The SMILES string of the molecule is CCOC(=O)CCCSc1nnc(CSc2nc(N)cc(=O)[nH]2)n1-c1ccccc1. The lowest BCUT2D eigenvalue weighted by molar-refractivity contribution is -0.143. The molecule has 3 N–H and O–H groups in total. The lowest BCUT2D eigenvalue weighted by Crippen LogP contribution is -2.10. The summed E-state index contributed by atoms with van der Waals surface area (Å²) < 4.78 is 6.92. The van der Waals surface area contributed by atoms with E-state index in [0.717, 1.165) is 10.8 Å². The first-order chi connectivity index (χ1) is 14.6. The summed E-state index contributed by atoms with van der Waals surface area (Å²) in [4.78, 5) is 29.9. The van der Waals surface area contributed by atoms with Gasteiger partial charge in [-0.2, -0.15) is 0 Å². The molecule has 0 aliphatic heterocycles. The second-order valence-electron chi connectivity index (χ2n) is 6.09. The number of anilines is 1. The molecule has 9 nitrogen and oxygen atoms in total. The quantitative estimate of drug-likeness (QED) is 0.209. The van der Waals surface area contributed by atoms with Crippen molar-refractivity contribution >= 4 is 35.3 Å². The molecule has 0 saturated carbocycles. The number of nitrogens with zero attached hydrogens (tertiary/aromatic N) is 4. The maximum Gasteiger partial charge on any atom is 0.305 e. The van der Waals surface area contributed by atoms with E-state index in [-0.39, 0.29) is 17.3 Å². The van der Waals surface area contributed by atoms with Crippen LogP contribution in [0, 0.1) is 0 Å². The number of aromatic nitrogens is 5. The number of benzene rings is 1. The van der Waals surface area contributed by atoms with Gasteiger partial charge >= 0.3 is 5.97 Å². The second kappa shape index (κ2) is 10.8. The first kappa shape index (κ1) is 21.9. The molecular formula is C19H22N6O3S2. The van der Waals surface area contributed by atoms with Crippen molar-refractivity contribution in [3.8, 4) is 5.69 Å². The third-order valence-corrected chi connectivity index (χ3v) is 5.74. The van der Waals surface area contributed by atoms with Gasteiger partial charge in [-0.3, -0.25) is 14.2 Å². The molecule has 0 spiro atoms. The molecule has 0 amide bonds. The molecule has 0 radical (unpaired) electrons. The predicted molar refractivity (Wildman–Crippen MR) is 117 cm³/mol. The number of ether oxygens (including phenoxy) is 1. The van der Waals surface area contributed by atoms with Gasteiger partial charge in [0.15, 0.2) is 10.3 Å². The van der Waals surface area contributed by atoms with Crippen molar-refractivity contribution in [2.45, 2.75) is 35.8 Å². The topological polar surface area (TPSA) is 129 Å². The Morgan fingerprint density at radius 2 is 2.03 bits per heavy atom. The van der Waals surface area contributed by atoms with Crippen LogP contribution in [0.25, 0.3) is 5.69 Å². The van der Waals surface area contributed by atoms with E-state index in [1.54, 1.807) is 6.92 Å². The highest BCUT2D eigenvalue weighted by atomic mass is 32.2. The standard InChI is InChI=1S/C19H22N6O3S2/c1-2-28-17(27)9-6-10-29-19-24-23-15(25(19)13-7-4-3-5-8-13)12-30-18-21-14(20)11-16(26)22-18/h3-5,7-8,11H,2,6,9-10,12H2,1H3,(H3,20,21,22,26). The number of para-hydroxylation sites is 1. The number of carbonyl (C=O) groups excluding carboxylic acids is 1. The van der Waals surface area contributed by atoms with Crippen molar-refractivity contribution in [2.24, 2.45) is 0 Å². The van der Waals surface area contributed by atoms with E-state index >= 15 is 0 Å². The minimum Gasteiger partial charge on any atom is -0.466 e. The van der Waals surface area contributed by atoms with Crippen LogP contribution in [0.4, 0.5) is 5.82 Å². The second-order valence-corrected chi connectivity index (χ2v) is 8.12. The lowest BCUT2D eigenvalue weighted by Gasteiger charge is -2.10. The highest BCUT2D eigenvalue weighted by molar-refractivity contribution is 7.99. The predicted octanol–water partition coefficient (Wildman–Crippen LogP) is 2.66.